The van der Waals surface area contributed by atoms with Crippen molar-refractivity contribution < 1.29 is 19.0 Å². The smallest absolute Gasteiger partial charge is 0.337 e. The number of fused-ring (bicyclic) bond motifs is 3. The van der Waals surface area contributed by atoms with Gasteiger partial charge in [-0.25, -0.2) is 9.79 Å². The number of aromatic nitrogens is 1. The molecule has 196 valence electrons. The lowest BCUT2D eigenvalue weighted by molar-refractivity contribution is 0.0600. The number of carbonyl (C=O) groups excluding carboxylic acids is 1. The molecule has 7 nitrogen and oxygen atoms in total. The maximum atomic E-state index is 14.0. The Labute approximate surface area is 228 Å². The summed E-state index contributed by atoms with van der Waals surface area (Å²) in [6.07, 6.45) is 3.52. The number of ether oxygens (including phenoxy) is 3. The summed E-state index contributed by atoms with van der Waals surface area (Å²) < 4.78 is 18.0. The van der Waals surface area contributed by atoms with E-state index in [1.54, 1.807) is 30.9 Å². The largest absolute Gasteiger partial charge is 0.493 e. The van der Waals surface area contributed by atoms with Crippen molar-refractivity contribution in [1.82, 2.24) is 4.57 Å². The predicted octanol–water partition coefficient (Wildman–Crippen LogP) is 4.12. The summed E-state index contributed by atoms with van der Waals surface area (Å²) >= 11 is 1.37. The van der Waals surface area contributed by atoms with Crippen molar-refractivity contribution in [3.05, 3.63) is 120 Å². The highest BCUT2D eigenvalue weighted by Crippen LogP contribution is 2.41. The first-order chi connectivity index (χ1) is 19.0. The van der Waals surface area contributed by atoms with Crippen LogP contribution in [0, 0.1) is 0 Å². The van der Waals surface area contributed by atoms with Crippen LogP contribution in [0.3, 0.4) is 0 Å². The standard InChI is InChI=1S/C31H26N2O5S/c1-36-24-15-8-18(16-25(24)37-2)17-26-29(34)33-28(20-9-11-21(12-10-20)30(35)38-3)23-14-13-19-6-4-5-7-22(19)27(23)32-31(33)39-26/h4-12,15-17,28H,13-14H2,1-3H3. The normalized spacial score (nSPS) is 16.1. The molecule has 0 amide bonds. The maximum Gasteiger partial charge on any atom is 0.337 e. The first kappa shape index (κ1) is 24.9. The molecule has 0 fully saturated rings. The molecule has 0 N–H and O–H groups in total. The minimum atomic E-state index is -0.396. The minimum absolute atomic E-state index is 0.110. The third-order valence-electron chi connectivity index (χ3n) is 7.23. The van der Waals surface area contributed by atoms with Crippen LogP contribution in [0.4, 0.5) is 0 Å². The van der Waals surface area contributed by atoms with Crippen molar-refractivity contribution in [1.29, 1.82) is 0 Å². The summed E-state index contributed by atoms with van der Waals surface area (Å²) in [6, 6.07) is 20.8. The lowest BCUT2D eigenvalue weighted by atomic mass is 9.83. The molecule has 1 aliphatic heterocycles. The highest BCUT2D eigenvalue weighted by atomic mass is 32.1. The van der Waals surface area contributed by atoms with Crippen LogP contribution in [0.1, 0.15) is 45.1 Å². The average Bonchev–Trinajstić information content (AvgIpc) is 3.29. The van der Waals surface area contributed by atoms with Crippen LogP contribution in [0.5, 0.6) is 11.5 Å². The topological polar surface area (TPSA) is 79.1 Å². The van der Waals surface area contributed by atoms with Gasteiger partial charge < -0.3 is 14.2 Å². The van der Waals surface area contributed by atoms with Gasteiger partial charge in [-0.2, -0.15) is 0 Å². The van der Waals surface area contributed by atoms with E-state index >= 15 is 0 Å². The first-order valence-corrected chi connectivity index (χ1v) is 13.4. The van der Waals surface area contributed by atoms with Crippen LogP contribution in [0.2, 0.25) is 0 Å². The average molecular weight is 539 g/mol. The van der Waals surface area contributed by atoms with Crippen molar-refractivity contribution in [2.75, 3.05) is 21.3 Å². The molecule has 0 spiro atoms. The number of hydrogen-bond donors (Lipinski definition) is 0. The number of aryl methyl sites for hydroxylation is 1. The lowest BCUT2D eigenvalue weighted by Gasteiger charge is -2.30. The molecule has 0 saturated heterocycles. The Morgan fingerprint density at radius 1 is 0.974 bits per heavy atom. The molecular formula is C31H26N2O5S. The van der Waals surface area contributed by atoms with Gasteiger partial charge in [-0.1, -0.05) is 53.8 Å². The maximum absolute atomic E-state index is 14.0. The molecule has 1 unspecified atom stereocenters. The molecule has 39 heavy (non-hydrogen) atoms. The molecule has 8 heteroatoms. The van der Waals surface area contributed by atoms with E-state index in [9.17, 15) is 9.59 Å². The van der Waals surface area contributed by atoms with E-state index in [1.807, 2.05) is 48.5 Å². The van der Waals surface area contributed by atoms with Crippen LogP contribution >= 0.6 is 11.3 Å². The number of benzene rings is 3. The lowest BCUT2D eigenvalue weighted by Crippen LogP contribution is -2.38. The zero-order valence-electron chi connectivity index (χ0n) is 21.8. The number of methoxy groups -OCH3 is 3. The number of allylic oxidation sites excluding steroid dienone is 1. The van der Waals surface area contributed by atoms with Crippen LogP contribution in [-0.2, 0) is 11.2 Å². The van der Waals surface area contributed by atoms with E-state index in [-0.39, 0.29) is 11.6 Å². The molecule has 1 atom stereocenters. The van der Waals surface area contributed by atoms with Gasteiger partial charge in [-0.15, -0.1) is 0 Å². The zero-order valence-corrected chi connectivity index (χ0v) is 22.6. The Morgan fingerprint density at radius 3 is 2.49 bits per heavy atom. The Balaban J connectivity index is 1.56. The van der Waals surface area contributed by atoms with Gasteiger partial charge in [0.15, 0.2) is 16.3 Å². The predicted molar refractivity (Wildman–Crippen MR) is 150 cm³/mol. The molecule has 0 bridgehead atoms. The number of thiazole rings is 1. The summed E-state index contributed by atoms with van der Waals surface area (Å²) in [5.74, 6) is 0.819. The molecular weight excluding hydrogens is 512 g/mol. The second-order valence-corrected chi connectivity index (χ2v) is 10.4. The van der Waals surface area contributed by atoms with E-state index in [0.717, 1.165) is 40.8 Å². The van der Waals surface area contributed by atoms with Gasteiger partial charge in [0.2, 0.25) is 0 Å². The van der Waals surface area contributed by atoms with Gasteiger partial charge in [-0.3, -0.25) is 9.36 Å². The van der Waals surface area contributed by atoms with Crippen LogP contribution in [-0.4, -0.2) is 31.9 Å². The van der Waals surface area contributed by atoms with Crippen molar-refractivity contribution >= 4 is 29.1 Å². The summed E-state index contributed by atoms with van der Waals surface area (Å²) in [5.41, 5.74) is 6.49. The minimum Gasteiger partial charge on any atom is -0.493 e. The Hall–Kier alpha value is -4.43. The van der Waals surface area contributed by atoms with Gasteiger partial charge in [0.1, 0.15) is 0 Å². The fourth-order valence-corrected chi connectivity index (χ4v) is 6.34. The Morgan fingerprint density at radius 2 is 1.74 bits per heavy atom. The third-order valence-corrected chi connectivity index (χ3v) is 8.21. The van der Waals surface area contributed by atoms with Crippen molar-refractivity contribution in [3.8, 4) is 11.5 Å². The highest BCUT2D eigenvalue weighted by molar-refractivity contribution is 7.07. The van der Waals surface area contributed by atoms with Gasteiger partial charge >= 0.3 is 5.97 Å². The molecule has 1 aliphatic carbocycles. The van der Waals surface area contributed by atoms with Crippen molar-refractivity contribution in [2.45, 2.75) is 18.9 Å². The van der Waals surface area contributed by atoms with E-state index < -0.39 is 5.97 Å². The van der Waals surface area contributed by atoms with E-state index in [2.05, 4.69) is 12.1 Å². The highest BCUT2D eigenvalue weighted by Gasteiger charge is 2.32. The Kier molecular flexibility index (Phi) is 6.40. The molecule has 2 aliphatic rings. The molecule has 6 rings (SSSR count). The van der Waals surface area contributed by atoms with Gasteiger partial charge in [0, 0.05) is 5.56 Å². The van der Waals surface area contributed by atoms with Crippen molar-refractivity contribution in [2.24, 2.45) is 4.99 Å². The van der Waals surface area contributed by atoms with Crippen LogP contribution < -0.4 is 24.4 Å². The molecule has 3 aromatic carbocycles. The summed E-state index contributed by atoms with van der Waals surface area (Å²) in [4.78, 5) is 31.7. The molecule has 2 heterocycles. The summed E-state index contributed by atoms with van der Waals surface area (Å²) in [7, 11) is 4.54. The van der Waals surface area contributed by atoms with E-state index in [1.165, 1.54) is 24.0 Å². The van der Waals surface area contributed by atoms with E-state index in [0.29, 0.717) is 26.4 Å². The number of hydrogen-bond acceptors (Lipinski definition) is 7. The molecule has 1 aromatic heterocycles. The number of nitrogens with zero attached hydrogens (tertiary/aromatic N) is 2. The SMILES string of the molecule is COC(=O)c1ccc(C2C3=C(N=c4sc(=Cc5ccc(OC)c(OC)c5)c(=O)n42)c2ccccc2CC3)cc1. The molecule has 0 radical (unpaired) electrons. The number of esters is 1. The summed E-state index contributed by atoms with van der Waals surface area (Å²) in [5, 5.41) is 0. The van der Waals surface area contributed by atoms with Crippen LogP contribution in [0.25, 0.3) is 11.8 Å². The third kappa shape index (κ3) is 4.27. The fraction of sp³-hybridized carbons (Fsp3) is 0.194. The van der Waals surface area contributed by atoms with E-state index in [4.69, 9.17) is 19.2 Å². The number of carbonyl (C=O) groups is 1. The second-order valence-electron chi connectivity index (χ2n) is 9.34. The monoisotopic (exact) mass is 538 g/mol. The fourth-order valence-electron chi connectivity index (χ4n) is 5.34. The van der Waals surface area contributed by atoms with Crippen molar-refractivity contribution in [3.63, 3.8) is 0 Å². The Bertz CT molecular complexity index is 1810. The quantitative estimate of drug-likeness (QED) is 0.357. The summed E-state index contributed by atoms with van der Waals surface area (Å²) in [6.45, 7) is 0. The van der Waals surface area contributed by atoms with Gasteiger partial charge in [0.05, 0.1) is 43.2 Å². The molecule has 0 saturated carbocycles. The number of rotatable bonds is 5. The van der Waals surface area contributed by atoms with Gasteiger partial charge in [-0.05, 0) is 65.4 Å². The molecule has 4 aromatic rings. The van der Waals surface area contributed by atoms with Crippen LogP contribution in [0.15, 0.2) is 82.1 Å². The first-order valence-electron chi connectivity index (χ1n) is 12.6. The second kappa shape index (κ2) is 10.0. The zero-order chi connectivity index (χ0) is 27.1. The van der Waals surface area contributed by atoms with Gasteiger partial charge in [0.25, 0.3) is 5.56 Å².